The molecule has 1 fully saturated rings. The molecule has 3 rings (SSSR count). The molecule has 1 N–H and O–H groups in total. The molecule has 0 radical (unpaired) electrons. The standard InChI is InChI=1S/C18H26N4/c1-3-21(4-2)18-17-7-6-16(14-15(17)8-10-20-18)22-12-5-9-19-11-13-22/h6-8,10,14,19H,3-5,9,11-13H2,1-2H3. The van der Waals surface area contributed by atoms with E-state index in [1.165, 1.54) is 22.9 Å². The van der Waals surface area contributed by atoms with Crippen molar-refractivity contribution in [1.82, 2.24) is 10.3 Å². The maximum Gasteiger partial charge on any atom is 0.136 e. The second kappa shape index (κ2) is 6.97. The van der Waals surface area contributed by atoms with Crippen LogP contribution >= 0.6 is 0 Å². The Morgan fingerprint density at radius 2 is 2.00 bits per heavy atom. The van der Waals surface area contributed by atoms with Crippen molar-refractivity contribution in [3.8, 4) is 0 Å². The van der Waals surface area contributed by atoms with Gasteiger partial charge in [0.25, 0.3) is 0 Å². The van der Waals surface area contributed by atoms with Gasteiger partial charge in [-0.2, -0.15) is 0 Å². The van der Waals surface area contributed by atoms with Crippen molar-refractivity contribution in [3.63, 3.8) is 0 Å². The van der Waals surface area contributed by atoms with Crippen molar-refractivity contribution in [2.45, 2.75) is 20.3 Å². The lowest BCUT2D eigenvalue weighted by Crippen LogP contribution is -2.27. The van der Waals surface area contributed by atoms with Gasteiger partial charge in [-0.25, -0.2) is 4.98 Å². The molecule has 1 aromatic heterocycles. The van der Waals surface area contributed by atoms with Gasteiger partial charge in [0.15, 0.2) is 0 Å². The predicted molar refractivity (Wildman–Crippen MR) is 95.0 cm³/mol. The van der Waals surface area contributed by atoms with E-state index in [-0.39, 0.29) is 0 Å². The summed E-state index contributed by atoms with van der Waals surface area (Å²) < 4.78 is 0. The fraction of sp³-hybridized carbons (Fsp3) is 0.500. The first kappa shape index (κ1) is 15.1. The molecule has 0 saturated carbocycles. The minimum atomic E-state index is 0.988. The van der Waals surface area contributed by atoms with Gasteiger partial charge in [0.2, 0.25) is 0 Å². The van der Waals surface area contributed by atoms with Gasteiger partial charge in [-0.15, -0.1) is 0 Å². The molecule has 0 unspecified atom stereocenters. The largest absolute Gasteiger partial charge is 0.370 e. The smallest absolute Gasteiger partial charge is 0.136 e. The van der Waals surface area contributed by atoms with Crippen molar-refractivity contribution in [2.75, 3.05) is 49.1 Å². The summed E-state index contributed by atoms with van der Waals surface area (Å²) in [4.78, 5) is 9.41. The molecule has 0 bridgehead atoms. The van der Waals surface area contributed by atoms with Crippen LogP contribution in [0.25, 0.3) is 10.8 Å². The first-order valence-corrected chi connectivity index (χ1v) is 8.43. The maximum absolute atomic E-state index is 4.61. The Kier molecular flexibility index (Phi) is 4.78. The number of nitrogens with zero attached hydrogens (tertiary/aromatic N) is 3. The first-order valence-electron chi connectivity index (χ1n) is 8.43. The van der Waals surface area contributed by atoms with Crippen LogP contribution in [0.2, 0.25) is 0 Å². The molecule has 0 spiro atoms. The van der Waals surface area contributed by atoms with Gasteiger partial charge < -0.3 is 15.1 Å². The molecular formula is C18H26N4. The van der Waals surface area contributed by atoms with E-state index in [1.54, 1.807) is 0 Å². The Morgan fingerprint density at radius 1 is 1.14 bits per heavy atom. The van der Waals surface area contributed by atoms with E-state index >= 15 is 0 Å². The van der Waals surface area contributed by atoms with Crippen molar-refractivity contribution in [3.05, 3.63) is 30.5 Å². The molecule has 0 atom stereocenters. The van der Waals surface area contributed by atoms with Gasteiger partial charge in [0, 0.05) is 50.0 Å². The third kappa shape index (κ3) is 3.02. The van der Waals surface area contributed by atoms with Crippen LogP contribution in [0.4, 0.5) is 11.5 Å². The highest BCUT2D eigenvalue weighted by Crippen LogP contribution is 2.28. The van der Waals surface area contributed by atoms with Crippen LogP contribution in [0.15, 0.2) is 30.5 Å². The molecule has 2 heterocycles. The highest BCUT2D eigenvalue weighted by Gasteiger charge is 2.12. The maximum atomic E-state index is 4.61. The minimum Gasteiger partial charge on any atom is -0.370 e. The normalized spacial score (nSPS) is 15.8. The Balaban J connectivity index is 1.96. The zero-order valence-corrected chi connectivity index (χ0v) is 13.7. The summed E-state index contributed by atoms with van der Waals surface area (Å²) in [5, 5.41) is 6.00. The SMILES string of the molecule is CCN(CC)c1nccc2cc(N3CCCNCC3)ccc12. The highest BCUT2D eigenvalue weighted by atomic mass is 15.2. The lowest BCUT2D eigenvalue weighted by Gasteiger charge is -2.24. The second-order valence-corrected chi connectivity index (χ2v) is 5.80. The molecule has 1 saturated heterocycles. The summed E-state index contributed by atoms with van der Waals surface area (Å²) in [5.74, 6) is 1.10. The van der Waals surface area contributed by atoms with Crippen LogP contribution < -0.4 is 15.1 Å². The fourth-order valence-corrected chi connectivity index (χ4v) is 3.23. The average molecular weight is 298 g/mol. The third-order valence-electron chi connectivity index (χ3n) is 4.50. The van der Waals surface area contributed by atoms with Gasteiger partial charge in [0.05, 0.1) is 0 Å². The van der Waals surface area contributed by atoms with E-state index in [9.17, 15) is 0 Å². The molecule has 22 heavy (non-hydrogen) atoms. The van der Waals surface area contributed by atoms with E-state index in [1.807, 2.05) is 6.20 Å². The minimum absolute atomic E-state index is 0.988. The molecular weight excluding hydrogens is 272 g/mol. The van der Waals surface area contributed by atoms with Crippen molar-refractivity contribution in [2.24, 2.45) is 0 Å². The predicted octanol–water partition coefficient (Wildman–Crippen LogP) is 2.88. The van der Waals surface area contributed by atoms with Crippen LogP contribution in [0.5, 0.6) is 0 Å². The van der Waals surface area contributed by atoms with E-state index in [4.69, 9.17) is 0 Å². The van der Waals surface area contributed by atoms with Gasteiger partial charge >= 0.3 is 0 Å². The number of pyridine rings is 1. The summed E-state index contributed by atoms with van der Waals surface area (Å²) in [5.41, 5.74) is 1.33. The lowest BCUT2D eigenvalue weighted by molar-refractivity contribution is 0.724. The van der Waals surface area contributed by atoms with E-state index < -0.39 is 0 Å². The Bertz CT molecular complexity index is 614. The summed E-state index contributed by atoms with van der Waals surface area (Å²) in [6.07, 6.45) is 3.14. The van der Waals surface area contributed by atoms with Crippen molar-refractivity contribution in [1.29, 1.82) is 0 Å². The number of rotatable bonds is 4. The van der Waals surface area contributed by atoms with Gasteiger partial charge in [-0.3, -0.25) is 0 Å². The van der Waals surface area contributed by atoms with E-state index in [0.29, 0.717) is 0 Å². The van der Waals surface area contributed by atoms with E-state index in [2.05, 4.69) is 58.2 Å². The van der Waals surface area contributed by atoms with Crippen LogP contribution in [-0.4, -0.2) is 44.3 Å². The van der Waals surface area contributed by atoms with Crippen LogP contribution in [0, 0.1) is 0 Å². The number of hydrogen-bond donors (Lipinski definition) is 1. The molecule has 0 aliphatic carbocycles. The zero-order chi connectivity index (χ0) is 15.4. The second-order valence-electron chi connectivity index (χ2n) is 5.80. The van der Waals surface area contributed by atoms with Gasteiger partial charge in [-0.1, -0.05) is 0 Å². The summed E-state index contributed by atoms with van der Waals surface area (Å²) in [7, 11) is 0. The number of anilines is 2. The van der Waals surface area contributed by atoms with Crippen LogP contribution in [-0.2, 0) is 0 Å². The quantitative estimate of drug-likeness (QED) is 0.940. The molecule has 2 aromatic rings. The number of hydrogen-bond acceptors (Lipinski definition) is 4. The summed E-state index contributed by atoms with van der Waals surface area (Å²) in [6.45, 7) is 10.8. The number of benzene rings is 1. The molecule has 1 aliphatic heterocycles. The van der Waals surface area contributed by atoms with Crippen LogP contribution in [0.3, 0.4) is 0 Å². The Hall–Kier alpha value is -1.81. The molecule has 1 aromatic carbocycles. The fourth-order valence-electron chi connectivity index (χ4n) is 3.23. The summed E-state index contributed by atoms with van der Waals surface area (Å²) in [6, 6.07) is 8.93. The molecule has 1 aliphatic rings. The zero-order valence-electron chi connectivity index (χ0n) is 13.7. The number of fused-ring (bicyclic) bond motifs is 1. The van der Waals surface area contributed by atoms with Crippen LogP contribution in [0.1, 0.15) is 20.3 Å². The molecule has 0 amide bonds. The lowest BCUT2D eigenvalue weighted by atomic mass is 10.1. The molecule has 118 valence electrons. The summed E-state index contributed by atoms with van der Waals surface area (Å²) >= 11 is 0. The van der Waals surface area contributed by atoms with Gasteiger partial charge in [-0.05, 0) is 56.5 Å². The van der Waals surface area contributed by atoms with Gasteiger partial charge in [0.1, 0.15) is 5.82 Å². The number of aromatic nitrogens is 1. The molecule has 4 nitrogen and oxygen atoms in total. The Labute approximate surface area is 133 Å². The van der Waals surface area contributed by atoms with E-state index in [0.717, 1.165) is 45.1 Å². The first-order chi connectivity index (χ1) is 10.8. The third-order valence-corrected chi connectivity index (χ3v) is 4.50. The number of nitrogens with one attached hydrogen (secondary N) is 1. The van der Waals surface area contributed by atoms with Crippen molar-refractivity contribution >= 4 is 22.3 Å². The Morgan fingerprint density at radius 3 is 2.82 bits per heavy atom. The average Bonchev–Trinajstić information content (AvgIpc) is 2.85. The highest BCUT2D eigenvalue weighted by molar-refractivity contribution is 5.94. The topological polar surface area (TPSA) is 31.4 Å². The van der Waals surface area contributed by atoms with Crippen molar-refractivity contribution < 1.29 is 0 Å². The molecule has 4 heteroatoms. The monoisotopic (exact) mass is 298 g/mol.